The fourth-order valence-corrected chi connectivity index (χ4v) is 1.63. The van der Waals surface area contributed by atoms with E-state index in [-0.39, 0.29) is 5.97 Å². The summed E-state index contributed by atoms with van der Waals surface area (Å²) in [5.41, 5.74) is 3.69. The zero-order valence-corrected chi connectivity index (χ0v) is 11.0. The maximum atomic E-state index is 11.8. The summed E-state index contributed by atoms with van der Waals surface area (Å²) in [5, 5.41) is 0. The minimum Gasteiger partial charge on any atom is -0.461 e. The molecule has 5 nitrogen and oxygen atoms in total. The second-order valence-corrected chi connectivity index (χ2v) is 3.89. The lowest BCUT2D eigenvalue weighted by molar-refractivity contribution is 0.0466. The number of nitrogens with two attached hydrogens (primary N) is 1. The number of hydrogen-bond donors (Lipinski definition) is 2. The van der Waals surface area contributed by atoms with Crippen molar-refractivity contribution in [1.82, 2.24) is 4.90 Å². The van der Waals surface area contributed by atoms with E-state index in [2.05, 4.69) is 24.2 Å². The monoisotopic (exact) mass is 251 g/mol. The van der Waals surface area contributed by atoms with Gasteiger partial charge in [0.1, 0.15) is 6.61 Å². The number of carbonyl (C=O) groups is 1. The van der Waals surface area contributed by atoms with Crippen LogP contribution in [0.5, 0.6) is 0 Å². The summed E-state index contributed by atoms with van der Waals surface area (Å²) in [6.07, 6.45) is 0. The van der Waals surface area contributed by atoms with E-state index in [0.717, 1.165) is 19.6 Å². The molecule has 5 heteroatoms. The van der Waals surface area contributed by atoms with Gasteiger partial charge in [-0.15, -0.1) is 0 Å². The SMILES string of the molecule is CCN(CC)CCOC(=O)c1cccc(NN)c1. The van der Waals surface area contributed by atoms with Gasteiger partial charge in [-0.3, -0.25) is 5.84 Å². The molecule has 0 spiro atoms. The molecule has 3 N–H and O–H groups in total. The summed E-state index contributed by atoms with van der Waals surface area (Å²) in [7, 11) is 0. The third kappa shape index (κ3) is 4.35. The maximum Gasteiger partial charge on any atom is 0.338 e. The number of nitrogen functional groups attached to an aromatic ring is 1. The molecule has 0 saturated heterocycles. The number of hydrogen-bond acceptors (Lipinski definition) is 5. The van der Waals surface area contributed by atoms with Crippen LogP contribution in [0.3, 0.4) is 0 Å². The van der Waals surface area contributed by atoms with Crippen LogP contribution in [0.1, 0.15) is 24.2 Å². The van der Waals surface area contributed by atoms with Gasteiger partial charge in [0.2, 0.25) is 0 Å². The van der Waals surface area contributed by atoms with E-state index in [1.807, 2.05) is 0 Å². The summed E-state index contributed by atoms with van der Waals surface area (Å²) >= 11 is 0. The summed E-state index contributed by atoms with van der Waals surface area (Å²) < 4.78 is 5.21. The van der Waals surface area contributed by atoms with Gasteiger partial charge in [-0.25, -0.2) is 4.79 Å². The highest BCUT2D eigenvalue weighted by Crippen LogP contribution is 2.10. The molecule has 1 aromatic rings. The first kappa shape index (κ1) is 14.5. The molecule has 0 atom stereocenters. The molecule has 0 radical (unpaired) electrons. The third-order valence-corrected chi connectivity index (χ3v) is 2.80. The number of carbonyl (C=O) groups excluding carboxylic acids is 1. The number of esters is 1. The Labute approximate surface area is 108 Å². The lowest BCUT2D eigenvalue weighted by atomic mass is 10.2. The van der Waals surface area contributed by atoms with Crippen LogP contribution >= 0.6 is 0 Å². The quantitative estimate of drug-likeness (QED) is 0.436. The van der Waals surface area contributed by atoms with Gasteiger partial charge in [0.15, 0.2) is 0 Å². The topological polar surface area (TPSA) is 67.6 Å². The Morgan fingerprint density at radius 1 is 1.39 bits per heavy atom. The average Bonchev–Trinajstić information content (AvgIpc) is 2.43. The van der Waals surface area contributed by atoms with Crippen molar-refractivity contribution < 1.29 is 9.53 Å². The molecule has 0 bridgehead atoms. The predicted molar refractivity (Wildman–Crippen MR) is 72.3 cm³/mol. The molecule has 0 fully saturated rings. The van der Waals surface area contributed by atoms with Crippen molar-refractivity contribution in [2.45, 2.75) is 13.8 Å². The molecule has 100 valence electrons. The van der Waals surface area contributed by atoms with Crippen LogP contribution in [0.15, 0.2) is 24.3 Å². The van der Waals surface area contributed by atoms with Crippen molar-refractivity contribution in [3.63, 3.8) is 0 Å². The summed E-state index contributed by atoms with van der Waals surface area (Å²) in [4.78, 5) is 14.0. The minimum atomic E-state index is -0.320. The molecule has 0 saturated carbocycles. The minimum absolute atomic E-state index is 0.320. The van der Waals surface area contributed by atoms with Crippen molar-refractivity contribution in [3.8, 4) is 0 Å². The molecule has 1 rings (SSSR count). The average molecular weight is 251 g/mol. The van der Waals surface area contributed by atoms with Gasteiger partial charge in [-0.05, 0) is 31.3 Å². The van der Waals surface area contributed by atoms with Crippen molar-refractivity contribution in [2.24, 2.45) is 5.84 Å². The fourth-order valence-electron chi connectivity index (χ4n) is 1.63. The van der Waals surface area contributed by atoms with Gasteiger partial charge in [0, 0.05) is 12.2 Å². The van der Waals surface area contributed by atoms with Crippen LogP contribution in [0.25, 0.3) is 0 Å². The van der Waals surface area contributed by atoms with Crippen LogP contribution in [0.4, 0.5) is 5.69 Å². The Balaban J connectivity index is 2.45. The Morgan fingerprint density at radius 2 is 2.11 bits per heavy atom. The highest BCUT2D eigenvalue weighted by molar-refractivity contribution is 5.90. The third-order valence-electron chi connectivity index (χ3n) is 2.80. The van der Waals surface area contributed by atoms with Gasteiger partial charge >= 0.3 is 5.97 Å². The van der Waals surface area contributed by atoms with Crippen molar-refractivity contribution in [1.29, 1.82) is 0 Å². The number of ether oxygens (including phenoxy) is 1. The Hall–Kier alpha value is -1.59. The molecule has 0 heterocycles. The molecule has 0 aromatic heterocycles. The summed E-state index contributed by atoms with van der Waals surface area (Å²) in [6.45, 7) is 7.25. The van der Waals surface area contributed by atoms with Crippen molar-refractivity contribution in [2.75, 3.05) is 31.7 Å². The molecule has 0 amide bonds. The Bertz CT molecular complexity index is 378. The number of nitrogens with one attached hydrogen (secondary N) is 1. The first-order chi connectivity index (χ1) is 8.71. The zero-order chi connectivity index (χ0) is 13.4. The number of hydrazine groups is 1. The number of nitrogens with zero attached hydrogens (tertiary/aromatic N) is 1. The highest BCUT2D eigenvalue weighted by Gasteiger charge is 2.08. The molecular weight excluding hydrogens is 230 g/mol. The summed E-state index contributed by atoms with van der Waals surface area (Å²) in [5.74, 6) is 4.97. The molecule has 0 unspecified atom stereocenters. The van der Waals surface area contributed by atoms with Gasteiger partial charge in [0.05, 0.1) is 5.56 Å². The largest absolute Gasteiger partial charge is 0.461 e. The lowest BCUT2D eigenvalue weighted by Gasteiger charge is -2.17. The van der Waals surface area contributed by atoms with E-state index >= 15 is 0 Å². The Kier molecular flexibility index (Phi) is 6.18. The van der Waals surface area contributed by atoms with Gasteiger partial charge in [0.25, 0.3) is 0 Å². The van der Waals surface area contributed by atoms with Crippen LogP contribution < -0.4 is 11.3 Å². The number of anilines is 1. The van der Waals surface area contributed by atoms with Gasteiger partial charge in [-0.2, -0.15) is 0 Å². The normalized spacial score (nSPS) is 10.4. The Morgan fingerprint density at radius 3 is 2.72 bits per heavy atom. The highest BCUT2D eigenvalue weighted by atomic mass is 16.5. The van der Waals surface area contributed by atoms with Gasteiger partial charge < -0.3 is 15.1 Å². The first-order valence-corrected chi connectivity index (χ1v) is 6.17. The molecule has 1 aromatic carbocycles. The van der Waals surface area contributed by atoms with E-state index in [1.165, 1.54) is 0 Å². The molecule has 18 heavy (non-hydrogen) atoms. The second kappa shape index (κ2) is 7.68. The van der Waals surface area contributed by atoms with E-state index in [4.69, 9.17) is 10.6 Å². The standard InChI is InChI=1S/C13H21N3O2/c1-3-16(4-2)8-9-18-13(17)11-6-5-7-12(10-11)15-14/h5-7,10,15H,3-4,8-9,14H2,1-2H3. The molecule has 0 aliphatic heterocycles. The van der Waals surface area contributed by atoms with Crippen molar-refractivity contribution in [3.05, 3.63) is 29.8 Å². The predicted octanol–water partition coefficient (Wildman–Crippen LogP) is 1.47. The molecular formula is C13H21N3O2. The first-order valence-electron chi connectivity index (χ1n) is 6.17. The van der Waals surface area contributed by atoms with Crippen LogP contribution in [0, 0.1) is 0 Å². The number of rotatable bonds is 7. The summed E-state index contributed by atoms with van der Waals surface area (Å²) in [6, 6.07) is 6.92. The van der Waals surface area contributed by atoms with Gasteiger partial charge in [-0.1, -0.05) is 19.9 Å². The fraction of sp³-hybridized carbons (Fsp3) is 0.462. The van der Waals surface area contributed by atoms with E-state index < -0.39 is 0 Å². The van der Waals surface area contributed by atoms with Crippen LogP contribution in [-0.4, -0.2) is 37.1 Å². The van der Waals surface area contributed by atoms with E-state index in [1.54, 1.807) is 24.3 Å². The lowest BCUT2D eigenvalue weighted by Crippen LogP contribution is -2.27. The molecule has 0 aliphatic carbocycles. The van der Waals surface area contributed by atoms with E-state index in [9.17, 15) is 4.79 Å². The van der Waals surface area contributed by atoms with Crippen LogP contribution in [0.2, 0.25) is 0 Å². The molecule has 0 aliphatic rings. The van der Waals surface area contributed by atoms with E-state index in [0.29, 0.717) is 17.9 Å². The second-order valence-electron chi connectivity index (χ2n) is 3.89. The number of benzene rings is 1. The maximum absolute atomic E-state index is 11.8. The zero-order valence-electron chi connectivity index (χ0n) is 11.0. The smallest absolute Gasteiger partial charge is 0.338 e. The van der Waals surface area contributed by atoms with Crippen LogP contribution in [-0.2, 0) is 4.74 Å². The van der Waals surface area contributed by atoms with Crippen molar-refractivity contribution >= 4 is 11.7 Å². The number of likely N-dealkylation sites (N-methyl/N-ethyl adjacent to an activating group) is 1.